The van der Waals surface area contributed by atoms with Crippen LogP contribution in [0.2, 0.25) is 5.02 Å². The molecule has 0 atom stereocenters. The van der Waals surface area contributed by atoms with Crippen molar-refractivity contribution < 1.29 is 0 Å². The molecule has 4 nitrogen and oxygen atoms in total. The van der Waals surface area contributed by atoms with E-state index in [1.54, 1.807) is 18.3 Å². The van der Waals surface area contributed by atoms with Crippen molar-refractivity contribution in [2.75, 3.05) is 5.73 Å². The molecule has 100 valence electrons. The number of halogens is 2. The maximum atomic E-state index is 5.95. The predicted molar refractivity (Wildman–Crippen MR) is 85.9 cm³/mol. The van der Waals surface area contributed by atoms with Gasteiger partial charge in [-0.2, -0.15) is 0 Å². The molecule has 0 bridgehead atoms. The summed E-state index contributed by atoms with van der Waals surface area (Å²) in [7, 11) is 0. The Morgan fingerprint density at radius 2 is 2.05 bits per heavy atom. The lowest BCUT2D eigenvalue weighted by Crippen LogP contribution is -2.08. The van der Waals surface area contributed by atoms with Crippen LogP contribution in [0.1, 0.15) is 19.5 Å². The van der Waals surface area contributed by atoms with Gasteiger partial charge in [0.05, 0.1) is 14.3 Å². The number of nitrogens with zero attached hydrogens (tertiary/aromatic N) is 3. The molecular weight excluding hydrogens is 375 g/mol. The molecule has 0 radical (unpaired) electrons. The van der Waals surface area contributed by atoms with Gasteiger partial charge in [0.1, 0.15) is 11.5 Å². The van der Waals surface area contributed by atoms with Gasteiger partial charge in [-0.15, -0.1) is 0 Å². The minimum atomic E-state index is 0.498. The van der Waals surface area contributed by atoms with Crippen molar-refractivity contribution in [3.05, 3.63) is 32.6 Å². The molecule has 2 N–H and O–H groups in total. The van der Waals surface area contributed by atoms with Gasteiger partial charge in [0.25, 0.3) is 0 Å². The SMILES string of the molecule is CC(C)Cc1nc(-c2ccc(Cl)cn2)nc(N)c1I. The maximum absolute atomic E-state index is 5.95. The van der Waals surface area contributed by atoms with Gasteiger partial charge in [-0.05, 0) is 47.1 Å². The Morgan fingerprint density at radius 1 is 1.32 bits per heavy atom. The summed E-state index contributed by atoms with van der Waals surface area (Å²) in [4.78, 5) is 13.1. The van der Waals surface area contributed by atoms with E-state index in [4.69, 9.17) is 17.3 Å². The summed E-state index contributed by atoms with van der Waals surface area (Å²) in [6.07, 6.45) is 2.45. The van der Waals surface area contributed by atoms with Crippen LogP contribution in [0.15, 0.2) is 18.3 Å². The molecule has 0 fully saturated rings. The van der Waals surface area contributed by atoms with Gasteiger partial charge in [-0.25, -0.2) is 9.97 Å². The second-order valence-corrected chi connectivity index (χ2v) is 6.17. The number of hydrogen-bond acceptors (Lipinski definition) is 4. The molecule has 2 aromatic heterocycles. The van der Waals surface area contributed by atoms with Crippen LogP contribution in [0.5, 0.6) is 0 Å². The number of anilines is 1. The molecule has 19 heavy (non-hydrogen) atoms. The topological polar surface area (TPSA) is 64.7 Å². The number of pyridine rings is 1. The maximum Gasteiger partial charge on any atom is 0.180 e. The van der Waals surface area contributed by atoms with E-state index in [0.717, 1.165) is 15.7 Å². The smallest absolute Gasteiger partial charge is 0.180 e. The summed E-state index contributed by atoms with van der Waals surface area (Å²) in [6, 6.07) is 3.56. The van der Waals surface area contributed by atoms with Crippen LogP contribution in [-0.4, -0.2) is 15.0 Å². The number of aromatic nitrogens is 3. The van der Waals surface area contributed by atoms with Crippen LogP contribution in [0.25, 0.3) is 11.5 Å². The lowest BCUT2D eigenvalue weighted by atomic mass is 10.1. The van der Waals surface area contributed by atoms with E-state index in [0.29, 0.717) is 28.3 Å². The van der Waals surface area contributed by atoms with Crippen molar-refractivity contribution in [2.24, 2.45) is 5.92 Å². The lowest BCUT2D eigenvalue weighted by Gasteiger charge is -2.10. The van der Waals surface area contributed by atoms with E-state index < -0.39 is 0 Å². The minimum absolute atomic E-state index is 0.498. The standard InChI is InChI=1S/C13H14ClIN4/c1-7(2)5-10-11(15)12(16)19-13(18-10)9-4-3-8(14)6-17-9/h3-4,6-7H,5H2,1-2H3,(H2,16,18,19). The molecule has 0 aliphatic carbocycles. The molecule has 2 aromatic rings. The first-order valence-corrected chi connectivity index (χ1v) is 7.37. The van der Waals surface area contributed by atoms with E-state index in [9.17, 15) is 0 Å². The summed E-state index contributed by atoms with van der Waals surface area (Å²) >= 11 is 8.01. The van der Waals surface area contributed by atoms with Crippen LogP contribution >= 0.6 is 34.2 Å². The zero-order chi connectivity index (χ0) is 14.0. The van der Waals surface area contributed by atoms with E-state index >= 15 is 0 Å². The number of hydrogen-bond donors (Lipinski definition) is 1. The fraction of sp³-hybridized carbons (Fsp3) is 0.308. The van der Waals surface area contributed by atoms with E-state index in [1.165, 1.54) is 0 Å². The Morgan fingerprint density at radius 3 is 2.63 bits per heavy atom. The third kappa shape index (κ3) is 3.54. The summed E-state index contributed by atoms with van der Waals surface area (Å²) < 4.78 is 0.920. The van der Waals surface area contributed by atoms with Crippen molar-refractivity contribution in [2.45, 2.75) is 20.3 Å². The van der Waals surface area contributed by atoms with Gasteiger partial charge < -0.3 is 5.73 Å². The summed E-state index contributed by atoms with van der Waals surface area (Å²) in [5.41, 5.74) is 7.60. The van der Waals surface area contributed by atoms with E-state index in [-0.39, 0.29) is 0 Å². The van der Waals surface area contributed by atoms with Gasteiger partial charge in [0.2, 0.25) is 0 Å². The molecule has 0 amide bonds. The molecule has 2 rings (SSSR count). The second kappa shape index (κ2) is 6.00. The quantitative estimate of drug-likeness (QED) is 0.816. The molecule has 0 saturated heterocycles. The molecular formula is C13H14ClIN4. The van der Waals surface area contributed by atoms with Crippen LogP contribution in [0.4, 0.5) is 5.82 Å². The highest BCUT2D eigenvalue weighted by molar-refractivity contribution is 14.1. The number of rotatable bonds is 3. The molecule has 0 aromatic carbocycles. The summed E-state index contributed by atoms with van der Waals surface area (Å²) in [5, 5.41) is 0.588. The van der Waals surface area contributed by atoms with Gasteiger partial charge in [0.15, 0.2) is 5.82 Å². The van der Waals surface area contributed by atoms with Gasteiger partial charge in [-0.1, -0.05) is 25.4 Å². The van der Waals surface area contributed by atoms with E-state index in [2.05, 4.69) is 51.4 Å². The summed E-state index contributed by atoms with van der Waals surface area (Å²) in [5.74, 6) is 1.55. The number of nitrogens with two attached hydrogens (primary N) is 1. The highest BCUT2D eigenvalue weighted by Crippen LogP contribution is 2.23. The first-order chi connectivity index (χ1) is 8.97. The Labute approximate surface area is 131 Å². The largest absolute Gasteiger partial charge is 0.383 e. The molecule has 6 heteroatoms. The third-order valence-electron chi connectivity index (χ3n) is 2.50. The van der Waals surface area contributed by atoms with E-state index in [1.807, 2.05) is 0 Å². The van der Waals surface area contributed by atoms with Gasteiger partial charge >= 0.3 is 0 Å². The average Bonchev–Trinajstić information content (AvgIpc) is 2.35. The first kappa shape index (κ1) is 14.5. The zero-order valence-electron chi connectivity index (χ0n) is 10.7. The average molecular weight is 389 g/mol. The van der Waals surface area contributed by atoms with Crippen molar-refractivity contribution in [3.63, 3.8) is 0 Å². The van der Waals surface area contributed by atoms with Crippen molar-refractivity contribution >= 4 is 40.0 Å². The molecule has 0 aliphatic rings. The Kier molecular flexibility index (Phi) is 4.57. The predicted octanol–water partition coefficient (Wildman–Crippen LogP) is 3.58. The molecule has 0 unspecified atom stereocenters. The fourth-order valence-corrected chi connectivity index (χ4v) is 2.23. The minimum Gasteiger partial charge on any atom is -0.383 e. The Hall–Kier alpha value is -0.950. The van der Waals surface area contributed by atoms with Gasteiger partial charge in [0, 0.05) is 6.20 Å². The molecule has 0 aliphatic heterocycles. The highest BCUT2D eigenvalue weighted by atomic mass is 127. The van der Waals surface area contributed by atoms with Crippen molar-refractivity contribution in [1.29, 1.82) is 0 Å². The van der Waals surface area contributed by atoms with Crippen molar-refractivity contribution in [3.8, 4) is 11.5 Å². The second-order valence-electron chi connectivity index (χ2n) is 4.65. The Bertz CT molecular complexity index is 584. The van der Waals surface area contributed by atoms with Crippen LogP contribution in [0.3, 0.4) is 0 Å². The summed E-state index contributed by atoms with van der Waals surface area (Å²) in [6.45, 7) is 4.29. The normalized spacial score (nSPS) is 11.0. The van der Waals surface area contributed by atoms with Crippen molar-refractivity contribution in [1.82, 2.24) is 15.0 Å². The highest BCUT2D eigenvalue weighted by Gasteiger charge is 2.13. The molecule has 0 saturated carbocycles. The fourth-order valence-electron chi connectivity index (χ4n) is 1.66. The van der Waals surface area contributed by atoms with Crippen LogP contribution in [0, 0.1) is 9.49 Å². The monoisotopic (exact) mass is 388 g/mol. The first-order valence-electron chi connectivity index (χ1n) is 5.91. The Balaban J connectivity index is 2.46. The van der Waals surface area contributed by atoms with Gasteiger partial charge in [-0.3, -0.25) is 4.98 Å². The number of nitrogen functional groups attached to an aromatic ring is 1. The third-order valence-corrected chi connectivity index (χ3v) is 3.90. The molecule has 0 spiro atoms. The van der Waals surface area contributed by atoms with Crippen LogP contribution in [-0.2, 0) is 6.42 Å². The lowest BCUT2D eigenvalue weighted by molar-refractivity contribution is 0.632. The molecule has 2 heterocycles. The van der Waals surface area contributed by atoms with Crippen LogP contribution < -0.4 is 5.73 Å². The zero-order valence-corrected chi connectivity index (χ0v) is 13.6.